The van der Waals surface area contributed by atoms with Crippen molar-refractivity contribution in [3.05, 3.63) is 35.4 Å². The predicted octanol–water partition coefficient (Wildman–Crippen LogP) is 1.92. The van der Waals surface area contributed by atoms with E-state index in [1.807, 2.05) is 6.07 Å². The molecule has 2 heterocycles. The molecule has 1 saturated heterocycles. The average Bonchev–Trinajstić information content (AvgIpc) is 2.99. The van der Waals surface area contributed by atoms with Crippen molar-refractivity contribution in [2.75, 3.05) is 13.6 Å². The molecule has 2 bridgehead atoms. The molecule has 2 aliphatic heterocycles. The van der Waals surface area contributed by atoms with Gasteiger partial charge in [0.05, 0.1) is 11.0 Å². The van der Waals surface area contributed by atoms with Crippen LogP contribution in [-0.4, -0.2) is 53.1 Å². The summed E-state index contributed by atoms with van der Waals surface area (Å²) in [6, 6.07) is 4.31. The third-order valence-corrected chi connectivity index (χ3v) is 7.29. The summed E-state index contributed by atoms with van der Waals surface area (Å²) in [5, 5.41) is 14.4. The monoisotopic (exact) mass is 354 g/mol. The summed E-state index contributed by atoms with van der Waals surface area (Å²) in [7, 11) is 2.18. The second-order valence-corrected chi connectivity index (χ2v) is 8.43. The van der Waals surface area contributed by atoms with Crippen LogP contribution in [0.3, 0.4) is 0 Å². The van der Waals surface area contributed by atoms with Crippen LogP contribution in [0.5, 0.6) is 11.5 Å². The number of likely N-dealkylation sites (N-methyl/N-ethyl adjacent to an activating group) is 1. The third kappa shape index (κ3) is 1.66. The first-order valence-electron chi connectivity index (χ1n) is 9.67. The molecule has 0 amide bonds. The van der Waals surface area contributed by atoms with E-state index in [2.05, 4.69) is 37.2 Å². The number of carbonyl (C=O) groups is 1. The summed E-state index contributed by atoms with van der Waals surface area (Å²) in [6.45, 7) is 5.30. The number of piperidine rings is 1. The van der Waals surface area contributed by atoms with Crippen molar-refractivity contribution in [2.24, 2.45) is 0 Å². The van der Waals surface area contributed by atoms with E-state index in [0.717, 1.165) is 31.4 Å². The third-order valence-electron chi connectivity index (χ3n) is 7.29. The fourth-order valence-electron chi connectivity index (χ4n) is 5.95. The van der Waals surface area contributed by atoms with Crippen molar-refractivity contribution in [1.29, 1.82) is 0 Å². The summed E-state index contributed by atoms with van der Waals surface area (Å²) in [4.78, 5) is 15.3. The number of aromatic hydroxyl groups is 1. The van der Waals surface area contributed by atoms with Gasteiger partial charge in [0.1, 0.15) is 0 Å². The molecule has 0 aromatic heterocycles. The lowest BCUT2D eigenvalue weighted by atomic mass is 9.49. The van der Waals surface area contributed by atoms with Gasteiger partial charge in [-0.25, -0.2) is 0 Å². The molecular formula is C21H26N2O3. The van der Waals surface area contributed by atoms with Crippen LogP contribution >= 0.6 is 0 Å². The van der Waals surface area contributed by atoms with Gasteiger partial charge in [-0.1, -0.05) is 19.1 Å². The van der Waals surface area contributed by atoms with E-state index in [9.17, 15) is 9.90 Å². The lowest BCUT2D eigenvalue weighted by Crippen LogP contribution is -2.80. The van der Waals surface area contributed by atoms with Crippen LogP contribution < -0.4 is 10.1 Å². The minimum absolute atomic E-state index is 0.0123. The highest BCUT2D eigenvalue weighted by Gasteiger charge is 2.71. The lowest BCUT2D eigenvalue weighted by molar-refractivity contribution is -0.130. The Labute approximate surface area is 154 Å². The Morgan fingerprint density at radius 1 is 1.46 bits per heavy atom. The number of phenolic OH excluding ortho intramolecular Hbond substituents is 1. The Hall–Kier alpha value is -1.85. The molecule has 4 aliphatic rings. The summed E-state index contributed by atoms with van der Waals surface area (Å²) in [5.41, 5.74) is 1.48. The highest BCUT2D eigenvalue weighted by atomic mass is 16.5. The van der Waals surface area contributed by atoms with Crippen LogP contribution in [0.15, 0.2) is 24.3 Å². The maximum absolute atomic E-state index is 12.9. The van der Waals surface area contributed by atoms with Gasteiger partial charge in [-0.2, -0.15) is 0 Å². The molecular weight excluding hydrogens is 328 g/mol. The van der Waals surface area contributed by atoms with Crippen LogP contribution in [0.1, 0.15) is 37.8 Å². The van der Waals surface area contributed by atoms with Crippen LogP contribution in [0.4, 0.5) is 0 Å². The molecule has 1 aromatic rings. The van der Waals surface area contributed by atoms with Gasteiger partial charge in [-0.3, -0.25) is 4.79 Å². The number of nitrogens with zero attached hydrogens (tertiary/aromatic N) is 1. The van der Waals surface area contributed by atoms with E-state index < -0.39 is 11.5 Å². The van der Waals surface area contributed by atoms with E-state index in [0.29, 0.717) is 11.8 Å². The first-order valence-corrected chi connectivity index (χ1v) is 9.67. The van der Waals surface area contributed by atoms with Crippen LogP contribution in [0.2, 0.25) is 0 Å². The standard InChI is InChI=1S/C21H26N2O3/c1-4-12(2)22-21-8-7-15(25)19-20(21)9-10-23(3)16(21)11-13-5-6-14(24)18(26-19)17(13)20/h5-8,12,16,19,22,24H,4,9-11H2,1-3H3/t12?,16-,19+,20+,21-/m1/s1. The molecule has 2 aliphatic carbocycles. The maximum atomic E-state index is 12.9. The number of benzene rings is 1. The number of ether oxygens (including phenoxy) is 1. The zero-order chi connectivity index (χ0) is 18.3. The number of hydrogen-bond donors (Lipinski definition) is 2. The minimum atomic E-state index is -0.553. The Balaban J connectivity index is 1.84. The van der Waals surface area contributed by atoms with Gasteiger partial charge < -0.3 is 20.1 Å². The van der Waals surface area contributed by atoms with E-state index in [-0.39, 0.29) is 23.1 Å². The van der Waals surface area contributed by atoms with Gasteiger partial charge in [-0.05, 0) is 57.5 Å². The first kappa shape index (κ1) is 16.3. The highest BCUT2D eigenvalue weighted by Crippen LogP contribution is 2.63. The molecule has 138 valence electrons. The van der Waals surface area contributed by atoms with E-state index in [4.69, 9.17) is 4.74 Å². The fraction of sp³-hybridized carbons (Fsp3) is 0.571. The van der Waals surface area contributed by atoms with Crippen molar-refractivity contribution >= 4 is 5.78 Å². The fourth-order valence-corrected chi connectivity index (χ4v) is 5.95. The van der Waals surface area contributed by atoms with Crippen molar-refractivity contribution in [2.45, 2.75) is 62.3 Å². The van der Waals surface area contributed by atoms with Crippen molar-refractivity contribution in [3.8, 4) is 11.5 Å². The number of nitrogens with one attached hydrogen (secondary N) is 1. The van der Waals surface area contributed by atoms with Gasteiger partial charge in [-0.15, -0.1) is 0 Å². The molecule has 1 aromatic carbocycles. The molecule has 5 rings (SSSR count). The minimum Gasteiger partial charge on any atom is -0.504 e. The van der Waals surface area contributed by atoms with Crippen LogP contribution in [0.25, 0.3) is 0 Å². The van der Waals surface area contributed by atoms with E-state index in [1.165, 1.54) is 5.56 Å². The number of likely N-dealkylation sites (tertiary alicyclic amines) is 1. The maximum Gasteiger partial charge on any atom is 0.196 e. The summed E-state index contributed by atoms with van der Waals surface area (Å²) in [6.07, 6.45) is 6.01. The number of rotatable bonds is 3. The normalized spacial score (nSPS) is 38.0. The molecule has 1 fully saturated rings. The molecule has 2 N–H and O–H groups in total. The second kappa shape index (κ2) is 5.11. The molecule has 5 atom stereocenters. The molecule has 26 heavy (non-hydrogen) atoms. The Morgan fingerprint density at radius 2 is 2.27 bits per heavy atom. The van der Waals surface area contributed by atoms with Crippen LogP contribution in [0, 0.1) is 0 Å². The number of hydrogen-bond acceptors (Lipinski definition) is 5. The first-order chi connectivity index (χ1) is 12.4. The van der Waals surface area contributed by atoms with Gasteiger partial charge in [0, 0.05) is 17.6 Å². The Kier molecular flexibility index (Phi) is 3.21. The van der Waals surface area contributed by atoms with Crippen molar-refractivity contribution in [1.82, 2.24) is 10.2 Å². The largest absolute Gasteiger partial charge is 0.504 e. The quantitative estimate of drug-likeness (QED) is 0.868. The number of ketones is 1. The van der Waals surface area contributed by atoms with Gasteiger partial charge >= 0.3 is 0 Å². The second-order valence-electron chi connectivity index (χ2n) is 8.43. The highest BCUT2D eigenvalue weighted by molar-refractivity contribution is 5.99. The zero-order valence-corrected chi connectivity index (χ0v) is 15.6. The Bertz CT molecular complexity index is 835. The Morgan fingerprint density at radius 3 is 3.04 bits per heavy atom. The van der Waals surface area contributed by atoms with E-state index in [1.54, 1.807) is 12.1 Å². The van der Waals surface area contributed by atoms with Crippen molar-refractivity contribution in [3.63, 3.8) is 0 Å². The SMILES string of the molecule is CCC(C)N[C@@]12C=CC(=O)[C@@H]3Oc4c(O)ccc5c4[C@@]31CCN(C)[C@@H]2C5. The predicted molar refractivity (Wildman–Crippen MR) is 98.7 cm³/mol. The summed E-state index contributed by atoms with van der Waals surface area (Å²) < 4.78 is 6.19. The lowest BCUT2D eigenvalue weighted by Gasteiger charge is -2.63. The summed E-state index contributed by atoms with van der Waals surface area (Å²) >= 11 is 0. The molecule has 5 nitrogen and oxygen atoms in total. The van der Waals surface area contributed by atoms with Gasteiger partial charge in [0.15, 0.2) is 23.4 Å². The molecule has 1 unspecified atom stereocenters. The molecule has 0 radical (unpaired) electrons. The van der Waals surface area contributed by atoms with Crippen LogP contribution in [-0.2, 0) is 16.6 Å². The van der Waals surface area contributed by atoms with E-state index >= 15 is 0 Å². The van der Waals surface area contributed by atoms with Gasteiger partial charge in [0.2, 0.25) is 0 Å². The number of phenols is 1. The molecule has 1 spiro atoms. The topological polar surface area (TPSA) is 61.8 Å². The average molecular weight is 354 g/mol. The zero-order valence-electron chi connectivity index (χ0n) is 15.6. The molecule has 5 heteroatoms. The smallest absolute Gasteiger partial charge is 0.196 e. The van der Waals surface area contributed by atoms with Crippen molar-refractivity contribution < 1.29 is 14.6 Å². The summed E-state index contributed by atoms with van der Waals surface area (Å²) in [5.74, 6) is 0.691. The number of carbonyl (C=O) groups excluding carboxylic acids is 1. The van der Waals surface area contributed by atoms with Gasteiger partial charge in [0.25, 0.3) is 0 Å². The molecule has 0 saturated carbocycles.